The number of hydrogen-bond acceptors (Lipinski definition) is 2. The summed E-state index contributed by atoms with van der Waals surface area (Å²) in [5.41, 5.74) is 0. The Labute approximate surface area is 96.4 Å². The Hall–Kier alpha value is -1.06. The lowest BCUT2D eigenvalue weighted by Gasteiger charge is -2.37. The lowest BCUT2D eigenvalue weighted by molar-refractivity contribution is -0.145. The van der Waals surface area contributed by atoms with E-state index in [4.69, 9.17) is 0 Å². The third-order valence-electron chi connectivity index (χ3n) is 3.56. The summed E-state index contributed by atoms with van der Waals surface area (Å²) in [5.74, 6) is 0.753. The van der Waals surface area contributed by atoms with Crippen LogP contribution in [0.4, 0.5) is 0 Å². The average Bonchev–Trinajstić information content (AvgIpc) is 2.18. The van der Waals surface area contributed by atoms with Crippen LogP contribution in [0.5, 0.6) is 0 Å². The highest BCUT2D eigenvalue weighted by molar-refractivity contribution is 5.94. The van der Waals surface area contributed by atoms with Crippen molar-refractivity contribution < 1.29 is 9.59 Å². The Morgan fingerprint density at radius 3 is 2.69 bits per heavy atom. The van der Waals surface area contributed by atoms with E-state index in [9.17, 15) is 9.59 Å². The molecule has 2 rings (SSSR count). The fourth-order valence-electron chi connectivity index (χ4n) is 2.40. The van der Waals surface area contributed by atoms with Gasteiger partial charge >= 0.3 is 0 Å². The molecule has 1 saturated carbocycles. The van der Waals surface area contributed by atoms with Crippen molar-refractivity contribution in [2.75, 3.05) is 13.1 Å². The van der Waals surface area contributed by atoms with Gasteiger partial charge in [0.05, 0.1) is 6.54 Å². The summed E-state index contributed by atoms with van der Waals surface area (Å²) >= 11 is 0. The number of hydrogen-bond donors (Lipinski definition) is 1. The van der Waals surface area contributed by atoms with Crippen LogP contribution in [0.15, 0.2) is 0 Å². The first-order chi connectivity index (χ1) is 7.70. The highest BCUT2D eigenvalue weighted by Gasteiger charge is 2.33. The van der Waals surface area contributed by atoms with Gasteiger partial charge in [0, 0.05) is 6.54 Å². The van der Waals surface area contributed by atoms with E-state index in [0.717, 1.165) is 19.4 Å². The number of nitrogens with one attached hydrogen (secondary N) is 1. The van der Waals surface area contributed by atoms with Crippen LogP contribution >= 0.6 is 0 Å². The van der Waals surface area contributed by atoms with Gasteiger partial charge in [0.25, 0.3) is 0 Å². The van der Waals surface area contributed by atoms with E-state index in [0.29, 0.717) is 5.92 Å². The molecule has 0 spiro atoms. The van der Waals surface area contributed by atoms with Crippen molar-refractivity contribution in [2.24, 2.45) is 5.92 Å². The quantitative estimate of drug-likeness (QED) is 0.771. The fourth-order valence-corrected chi connectivity index (χ4v) is 2.40. The molecule has 4 nitrogen and oxygen atoms in total. The smallest absolute Gasteiger partial charge is 0.245 e. The molecule has 0 aromatic carbocycles. The summed E-state index contributed by atoms with van der Waals surface area (Å²) in [6.07, 6.45) is 5.38. The molecule has 1 saturated heterocycles. The summed E-state index contributed by atoms with van der Waals surface area (Å²) in [7, 11) is 0. The summed E-state index contributed by atoms with van der Waals surface area (Å²) < 4.78 is 0. The second-order valence-corrected chi connectivity index (χ2v) is 4.92. The predicted octanol–water partition coefficient (Wildman–Crippen LogP) is 0.914. The van der Waals surface area contributed by atoms with Crippen LogP contribution in [0.1, 0.15) is 39.0 Å². The molecule has 1 heterocycles. The highest BCUT2D eigenvalue weighted by atomic mass is 16.2. The molecule has 16 heavy (non-hydrogen) atoms. The van der Waals surface area contributed by atoms with E-state index in [-0.39, 0.29) is 24.4 Å². The van der Waals surface area contributed by atoms with Crippen molar-refractivity contribution in [3.8, 4) is 0 Å². The van der Waals surface area contributed by atoms with Crippen LogP contribution in [0.25, 0.3) is 0 Å². The summed E-state index contributed by atoms with van der Waals surface area (Å²) in [4.78, 5) is 25.3. The van der Waals surface area contributed by atoms with Crippen LogP contribution in [0.3, 0.4) is 0 Å². The van der Waals surface area contributed by atoms with Crippen molar-refractivity contribution in [3.63, 3.8) is 0 Å². The number of carbonyl (C=O) groups excluding carboxylic acids is 2. The SMILES string of the molecule is CCCC1NC(=O)CN(CC2CCC2)C1=O. The van der Waals surface area contributed by atoms with Gasteiger partial charge in [-0.15, -0.1) is 0 Å². The minimum Gasteiger partial charge on any atom is -0.343 e. The molecule has 1 atom stereocenters. The number of carbonyl (C=O) groups is 2. The Morgan fingerprint density at radius 2 is 2.12 bits per heavy atom. The maximum Gasteiger partial charge on any atom is 0.245 e. The molecule has 2 aliphatic rings. The van der Waals surface area contributed by atoms with Crippen LogP contribution in [0, 0.1) is 5.92 Å². The Kier molecular flexibility index (Phi) is 3.46. The molecular weight excluding hydrogens is 204 g/mol. The molecule has 90 valence electrons. The lowest BCUT2D eigenvalue weighted by Crippen LogP contribution is -2.58. The first-order valence-electron chi connectivity index (χ1n) is 6.29. The van der Waals surface area contributed by atoms with Gasteiger partial charge < -0.3 is 10.2 Å². The number of amides is 2. The fraction of sp³-hybridized carbons (Fsp3) is 0.833. The molecule has 1 aliphatic carbocycles. The second kappa shape index (κ2) is 4.85. The normalized spacial score (nSPS) is 26.6. The zero-order valence-electron chi connectivity index (χ0n) is 9.87. The monoisotopic (exact) mass is 224 g/mol. The van der Waals surface area contributed by atoms with Crippen LogP contribution < -0.4 is 5.32 Å². The van der Waals surface area contributed by atoms with E-state index < -0.39 is 0 Å². The average molecular weight is 224 g/mol. The molecule has 0 bridgehead atoms. The molecule has 1 aliphatic heterocycles. The predicted molar refractivity (Wildman–Crippen MR) is 60.8 cm³/mol. The van der Waals surface area contributed by atoms with Gasteiger partial charge in [0.1, 0.15) is 6.04 Å². The van der Waals surface area contributed by atoms with Crippen molar-refractivity contribution >= 4 is 11.8 Å². The van der Waals surface area contributed by atoms with E-state index in [2.05, 4.69) is 5.32 Å². The standard InChI is InChI=1S/C12H20N2O2/c1-2-4-10-12(16)14(8-11(15)13-10)7-9-5-3-6-9/h9-10H,2-8H2,1H3,(H,13,15). The molecule has 2 fully saturated rings. The first kappa shape index (κ1) is 11.4. The molecule has 2 amide bonds. The van der Waals surface area contributed by atoms with Crippen LogP contribution in [0.2, 0.25) is 0 Å². The van der Waals surface area contributed by atoms with E-state index in [1.54, 1.807) is 4.90 Å². The first-order valence-corrected chi connectivity index (χ1v) is 6.29. The maximum absolute atomic E-state index is 12.0. The molecule has 0 aromatic rings. The van der Waals surface area contributed by atoms with E-state index >= 15 is 0 Å². The van der Waals surface area contributed by atoms with Gasteiger partial charge in [-0.3, -0.25) is 9.59 Å². The Morgan fingerprint density at radius 1 is 1.38 bits per heavy atom. The van der Waals surface area contributed by atoms with Crippen molar-refractivity contribution in [1.82, 2.24) is 10.2 Å². The number of nitrogens with zero attached hydrogens (tertiary/aromatic N) is 1. The van der Waals surface area contributed by atoms with E-state index in [1.807, 2.05) is 6.92 Å². The maximum atomic E-state index is 12.0. The molecule has 1 unspecified atom stereocenters. The third kappa shape index (κ3) is 2.36. The topological polar surface area (TPSA) is 49.4 Å². The van der Waals surface area contributed by atoms with Gasteiger partial charge in [-0.2, -0.15) is 0 Å². The van der Waals surface area contributed by atoms with Gasteiger partial charge in [-0.25, -0.2) is 0 Å². The third-order valence-corrected chi connectivity index (χ3v) is 3.56. The molecule has 0 radical (unpaired) electrons. The Bertz CT molecular complexity index is 287. The number of piperazine rings is 1. The molecular formula is C12H20N2O2. The second-order valence-electron chi connectivity index (χ2n) is 4.92. The van der Waals surface area contributed by atoms with Crippen LogP contribution in [-0.4, -0.2) is 35.8 Å². The lowest BCUT2D eigenvalue weighted by atomic mass is 9.85. The van der Waals surface area contributed by atoms with Gasteiger partial charge in [-0.05, 0) is 25.2 Å². The van der Waals surface area contributed by atoms with Crippen molar-refractivity contribution in [3.05, 3.63) is 0 Å². The Balaban J connectivity index is 1.94. The van der Waals surface area contributed by atoms with Crippen LogP contribution in [-0.2, 0) is 9.59 Å². The van der Waals surface area contributed by atoms with Crippen molar-refractivity contribution in [2.45, 2.75) is 45.1 Å². The summed E-state index contributed by atoms with van der Waals surface area (Å²) in [6, 6.07) is -0.272. The van der Waals surface area contributed by atoms with Gasteiger partial charge in [0.2, 0.25) is 11.8 Å². The number of rotatable bonds is 4. The largest absolute Gasteiger partial charge is 0.343 e. The highest BCUT2D eigenvalue weighted by Crippen LogP contribution is 2.27. The minimum atomic E-state index is -0.272. The van der Waals surface area contributed by atoms with Crippen molar-refractivity contribution in [1.29, 1.82) is 0 Å². The van der Waals surface area contributed by atoms with Gasteiger partial charge in [-0.1, -0.05) is 19.8 Å². The van der Waals surface area contributed by atoms with Gasteiger partial charge in [0.15, 0.2) is 0 Å². The summed E-state index contributed by atoms with van der Waals surface area (Å²) in [6.45, 7) is 3.08. The molecule has 1 N–H and O–H groups in total. The summed E-state index contributed by atoms with van der Waals surface area (Å²) in [5, 5.41) is 2.78. The minimum absolute atomic E-state index is 0.00243. The molecule has 4 heteroatoms. The molecule has 0 aromatic heterocycles. The zero-order valence-corrected chi connectivity index (χ0v) is 9.87. The zero-order chi connectivity index (χ0) is 11.5. The van der Waals surface area contributed by atoms with E-state index in [1.165, 1.54) is 19.3 Å².